The number of benzene rings is 1. The Morgan fingerprint density at radius 3 is 2.62 bits per heavy atom. The Kier molecular flexibility index (Phi) is 2.43. The van der Waals surface area contributed by atoms with E-state index < -0.39 is 0 Å². The summed E-state index contributed by atoms with van der Waals surface area (Å²) in [5.74, 6) is 0.802. The first-order valence-electron chi connectivity index (χ1n) is 4.73. The highest BCUT2D eigenvalue weighted by molar-refractivity contribution is 9.10. The third-order valence-electron chi connectivity index (χ3n) is 2.57. The van der Waals surface area contributed by atoms with E-state index in [9.17, 15) is 0 Å². The van der Waals surface area contributed by atoms with Crippen molar-refractivity contribution in [2.24, 2.45) is 5.73 Å². The molecule has 2 heteroatoms. The van der Waals surface area contributed by atoms with E-state index in [1.54, 1.807) is 0 Å². The second-order valence-electron chi connectivity index (χ2n) is 3.84. The highest BCUT2D eigenvalue weighted by Gasteiger charge is 2.25. The first kappa shape index (κ1) is 9.22. The maximum absolute atomic E-state index is 5.80. The number of hydrogen-bond donors (Lipinski definition) is 1. The average molecular weight is 240 g/mol. The van der Waals surface area contributed by atoms with E-state index in [0.717, 1.165) is 5.92 Å². The van der Waals surface area contributed by atoms with Gasteiger partial charge in [0.25, 0.3) is 0 Å². The topological polar surface area (TPSA) is 26.0 Å². The molecule has 1 aliphatic carbocycles. The lowest BCUT2D eigenvalue weighted by Gasteiger charge is -2.08. The van der Waals surface area contributed by atoms with Crippen molar-refractivity contribution in [2.75, 3.05) is 0 Å². The lowest BCUT2D eigenvalue weighted by Crippen LogP contribution is -2.04. The zero-order valence-electron chi connectivity index (χ0n) is 7.76. The van der Waals surface area contributed by atoms with Gasteiger partial charge in [0, 0.05) is 10.5 Å². The molecule has 0 amide bonds. The fourth-order valence-electron chi connectivity index (χ4n) is 1.55. The van der Waals surface area contributed by atoms with Gasteiger partial charge in [0.05, 0.1) is 0 Å². The Hall–Kier alpha value is -0.340. The highest BCUT2D eigenvalue weighted by Crippen LogP contribution is 2.43. The minimum atomic E-state index is 0.129. The fourth-order valence-corrected chi connectivity index (χ4v) is 2.27. The van der Waals surface area contributed by atoms with Gasteiger partial charge in [0.1, 0.15) is 0 Å². The quantitative estimate of drug-likeness (QED) is 0.842. The predicted molar refractivity (Wildman–Crippen MR) is 58.7 cm³/mol. The summed E-state index contributed by atoms with van der Waals surface area (Å²) in [6.45, 7) is 2.01. The SMILES string of the molecule is C[C@H](N)c1ccc(C2CC2)c(Br)c1. The van der Waals surface area contributed by atoms with Crippen molar-refractivity contribution < 1.29 is 0 Å². The number of halogens is 1. The molecule has 1 atom stereocenters. The van der Waals surface area contributed by atoms with Crippen LogP contribution in [-0.4, -0.2) is 0 Å². The first-order chi connectivity index (χ1) is 6.18. The molecule has 0 saturated heterocycles. The van der Waals surface area contributed by atoms with Gasteiger partial charge < -0.3 is 5.73 Å². The molecule has 1 aromatic carbocycles. The molecule has 0 unspecified atom stereocenters. The lowest BCUT2D eigenvalue weighted by molar-refractivity contribution is 0.816. The van der Waals surface area contributed by atoms with Crippen LogP contribution in [0.1, 0.15) is 42.9 Å². The van der Waals surface area contributed by atoms with Crippen molar-refractivity contribution in [1.29, 1.82) is 0 Å². The summed E-state index contributed by atoms with van der Waals surface area (Å²) in [5, 5.41) is 0. The number of nitrogens with two attached hydrogens (primary N) is 1. The molecule has 13 heavy (non-hydrogen) atoms. The Morgan fingerprint density at radius 1 is 1.46 bits per heavy atom. The van der Waals surface area contributed by atoms with Gasteiger partial charge in [-0.05, 0) is 42.9 Å². The van der Waals surface area contributed by atoms with E-state index in [2.05, 4.69) is 34.1 Å². The van der Waals surface area contributed by atoms with E-state index in [-0.39, 0.29) is 6.04 Å². The minimum Gasteiger partial charge on any atom is -0.324 e. The van der Waals surface area contributed by atoms with Crippen LogP contribution in [0.25, 0.3) is 0 Å². The predicted octanol–water partition coefficient (Wildman–Crippen LogP) is 3.35. The third-order valence-corrected chi connectivity index (χ3v) is 3.25. The minimum absolute atomic E-state index is 0.129. The van der Waals surface area contributed by atoms with Crippen LogP contribution in [0.3, 0.4) is 0 Å². The summed E-state index contributed by atoms with van der Waals surface area (Å²) in [6.07, 6.45) is 2.69. The van der Waals surface area contributed by atoms with Crippen LogP contribution >= 0.6 is 15.9 Å². The van der Waals surface area contributed by atoms with Gasteiger partial charge in [-0.2, -0.15) is 0 Å². The largest absolute Gasteiger partial charge is 0.324 e. The maximum Gasteiger partial charge on any atom is 0.0266 e. The molecule has 2 N–H and O–H groups in total. The molecule has 0 aliphatic heterocycles. The standard InChI is InChI=1S/C11H14BrN/c1-7(13)9-4-5-10(8-2-3-8)11(12)6-9/h4-8H,2-3,13H2,1H3/t7-/m0/s1. The zero-order valence-corrected chi connectivity index (χ0v) is 9.34. The van der Waals surface area contributed by atoms with Gasteiger partial charge in [-0.3, -0.25) is 0 Å². The maximum atomic E-state index is 5.80. The molecule has 1 nitrogen and oxygen atoms in total. The summed E-state index contributed by atoms with van der Waals surface area (Å²) in [4.78, 5) is 0. The monoisotopic (exact) mass is 239 g/mol. The molecule has 0 bridgehead atoms. The molecular weight excluding hydrogens is 226 g/mol. The number of hydrogen-bond acceptors (Lipinski definition) is 1. The summed E-state index contributed by atoms with van der Waals surface area (Å²) < 4.78 is 1.23. The summed E-state index contributed by atoms with van der Waals surface area (Å²) in [5.41, 5.74) is 8.46. The number of rotatable bonds is 2. The molecule has 70 valence electrons. The van der Waals surface area contributed by atoms with Gasteiger partial charge >= 0.3 is 0 Å². The van der Waals surface area contributed by atoms with Gasteiger partial charge in [-0.25, -0.2) is 0 Å². The fraction of sp³-hybridized carbons (Fsp3) is 0.455. The van der Waals surface area contributed by atoms with E-state index >= 15 is 0 Å². The van der Waals surface area contributed by atoms with Crippen LogP contribution in [0.5, 0.6) is 0 Å². The first-order valence-corrected chi connectivity index (χ1v) is 5.52. The molecule has 1 aromatic rings. The van der Waals surface area contributed by atoms with Crippen LogP contribution in [0.15, 0.2) is 22.7 Å². The molecule has 1 fully saturated rings. The Bertz CT molecular complexity index is 316. The van der Waals surface area contributed by atoms with Crippen LogP contribution in [0.2, 0.25) is 0 Å². The summed E-state index contributed by atoms with van der Waals surface area (Å²) in [7, 11) is 0. The van der Waals surface area contributed by atoms with Crippen LogP contribution < -0.4 is 5.73 Å². The third kappa shape index (κ3) is 1.94. The van der Waals surface area contributed by atoms with E-state index in [1.807, 2.05) is 6.92 Å². The molecule has 1 saturated carbocycles. The summed E-state index contributed by atoms with van der Waals surface area (Å²) >= 11 is 3.60. The van der Waals surface area contributed by atoms with Crippen molar-refractivity contribution in [3.8, 4) is 0 Å². The molecule has 2 rings (SSSR count). The molecular formula is C11H14BrN. The van der Waals surface area contributed by atoms with Crippen molar-refractivity contribution in [1.82, 2.24) is 0 Å². The second kappa shape index (κ2) is 3.43. The van der Waals surface area contributed by atoms with Gasteiger partial charge in [0.15, 0.2) is 0 Å². The normalized spacial score (nSPS) is 18.7. The molecule has 0 heterocycles. The zero-order chi connectivity index (χ0) is 9.42. The Morgan fingerprint density at radius 2 is 2.15 bits per heavy atom. The van der Waals surface area contributed by atoms with Crippen molar-refractivity contribution >= 4 is 15.9 Å². The van der Waals surface area contributed by atoms with E-state index in [0.29, 0.717) is 0 Å². The van der Waals surface area contributed by atoms with E-state index in [1.165, 1.54) is 28.4 Å². The van der Waals surface area contributed by atoms with E-state index in [4.69, 9.17) is 5.73 Å². The molecule has 0 aromatic heterocycles. The summed E-state index contributed by atoms with van der Waals surface area (Å²) in [6, 6.07) is 6.63. The van der Waals surface area contributed by atoms with Gasteiger partial charge in [0.2, 0.25) is 0 Å². The van der Waals surface area contributed by atoms with Crippen molar-refractivity contribution in [2.45, 2.75) is 31.7 Å². The highest BCUT2D eigenvalue weighted by atomic mass is 79.9. The van der Waals surface area contributed by atoms with Crippen LogP contribution in [0.4, 0.5) is 0 Å². The second-order valence-corrected chi connectivity index (χ2v) is 4.70. The molecule has 0 radical (unpaired) electrons. The molecule has 0 spiro atoms. The van der Waals surface area contributed by atoms with Crippen molar-refractivity contribution in [3.05, 3.63) is 33.8 Å². The van der Waals surface area contributed by atoms with Gasteiger partial charge in [-0.15, -0.1) is 0 Å². The smallest absolute Gasteiger partial charge is 0.0266 e. The van der Waals surface area contributed by atoms with Crippen molar-refractivity contribution in [3.63, 3.8) is 0 Å². The average Bonchev–Trinajstić information content (AvgIpc) is 2.87. The lowest BCUT2D eigenvalue weighted by atomic mass is 10.0. The Labute approximate surface area is 87.5 Å². The molecule has 1 aliphatic rings. The van der Waals surface area contributed by atoms with Crippen LogP contribution in [0, 0.1) is 0 Å². The van der Waals surface area contributed by atoms with Gasteiger partial charge in [-0.1, -0.05) is 28.1 Å². The van der Waals surface area contributed by atoms with Crippen LogP contribution in [-0.2, 0) is 0 Å². The Balaban J connectivity index is 2.31.